The van der Waals surface area contributed by atoms with Gasteiger partial charge in [-0.1, -0.05) is 38.0 Å². The van der Waals surface area contributed by atoms with Gasteiger partial charge in [0.25, 0.3) is 0 Å². The quantitative estimate of drug-likeness (QED) is 0.551. The molecule has 0 bridgehead atoms. The second-order valence-corrected chi connectivity index (χ2v) is 4.30. The summed E-state index contributed by atoms with van der Waals surface area (Å²) in [5.41, 5.74) is 1.63. The van der Waals surface area contributed by atoms with Gasteiger partial charge in [0.2, 0.25) is 0 Å². The maximum atomic E-state index is 2.40. The molecule has 0 aliphatic heterocycles. The van der Waals surface area contributed by atoms with Gasteiger partial charge in [-0.3, -0.25) is 0 Å². The predicted molar refractivity (Wildman–Crippen MR) is 53.0 cm³/mol. The van der Waals surface area contributed by atoms with Crippen molar-refractivity contribution in [1.29, 1.82) is 0 Å². The van der Waals surface area contributed by atoms with Crippen molar-refractivity contribution in [3.05, 3.63) is 23.8 Å². The van der Waals surface area contributed by atoms with Crippen molar-refractivity contribution in [3.8, 4) is 0 Å². The Hall–Kier alpha value is -0.520. The lowest BCUT2D eigenvalue weighted by Crippen LogP contribution is -2.12. The van der Waals surface area contributed by atoms with Crippen LogP contribution in [0.2, 0.25) is 0 Å². The van der Waals surface area contributed by atoms with Crippen molar-refractivity contribution < 1.29 is 0 Å². The van der Waals surface area contributed by atoms with Gasteiger partial charge < -0.3 is 0 Å². The van der Waals surface area contributed by atoms with Crippen LogP contribution in [0.4, 0.5) is 0 Å². The average molecular weight is 162 g/mol. The monoisotopic (exact) mass is 162 g/mol. The fourth-order valence-electron chi connectivity index (χ4n) is 2.37. The van der Waals surface area contributed by atoms with E-state index in [9.17, 15) is 0 Å². The summed E-state index contributed by atoms with van der Waals surface area (Å²) >= 11 is 0. The lowest BCUT2D eigenvalue weighted by atomic mass is 9.79. The Kier molecular flexibility index (Phi) is 2.34. The van der Waals surface area contributed by atoms with E-state index in [1.807, 2.05) is 0 Å². The third-order valence-electron chi connectivity index (χ3n) is 3.29. The molecule has 0 aromatic rings. The molecule has 0 nitrogen and oxygen atoms in total. The Balaban J connectivity index is 1.93. The van der Waals surface area contributed by atoms with Crippen molar-refractivity contribution in [3.63, 3.8) is 0 Å². The van der Waals surface area contributed by atoms with Gasteiger partial charge >= 0.3 is 0 Å². The van der Waals surface area contributed by atoms with Gasteiger partial charge in [0.05, 0.1) is 0 Å². The third-order valence-corrected chi connectivity index (χ3v) is 3.29. The minimum absolute atomic E-state index is 0.903. The fourth-order valence-corrected chi connectivity index (χ4v) is 2.37. The predicted octanol–water partition coefficient (Wildman–Crippen LogP) is 3.70. The second-order valence-electron chi connectivity index (χ2n) is 4.30. The van der Waals surface area contributed by atoms with Gasteiger partial charge in [0, 0.05) is 0 Å². The highest BCUT2D eigenvalue weighted by atomic mass is 14.3. The van der Waals surface area contributed by atoms with Crippen LogP contribution in [-0.2, 0) is 0 Å². The molecule has 1 fully saturated rings. The van der Waals surface area contributed by atoms with E-state index >= 15 is 0 Å². The minimum atomic E-state index is 0.903. The van der Waals surface area contributed by atoms with E-state index in [0.717, 1.165) is 11.8 Å². The molecule has 0 amide bonds. The highest BCUT2D eigenvalue weighted by molar-refractivity contribution is 5.28. The zero-order valence-corrected chi connectivity index (χ0v) is 7.92. The maximum absolute atomic E-state index is 2.40. The van der Waals surface area contributed by atoms with Gasteiger partial charge in [0.15, 0.2) is 0 Å². The lowest BCUT2D eigenvalue weighted by Gasteiger charge is -2.26. The molecule has 0 aromatic heterocycles. The van der Waals surface area contributed by atoms with E-state index in [1.54, 1.807) is 5.57 Å². The number of allylic oxidation sites excluding steroid dienone is 4. The van der Waals surface area contributed by atoms with Crippen molar-refractivity contribution in [1.82, 2.24) is 0 Å². The van der Waals surface area contributed by atoms with Crippen molar-refractivity contribution in [2.75, 3.05) is 0 Å². The van der Waals surface area contributed by atoms with Crippen LogP contribution in [-0.4, -0.2) is 0 Å². The molecule has 0 heterocycles. The number of hydrogen-bond donors (Lipinski definition) is 0. The van der Waals surface area contributed by atoms with Gasteiger partial charge in [-0.25, -0.2) is 0 Å². The topological polar surface area (TPSA) is 0 Å². The lowest BCUT2D eigenvalue weighted by molar-refractivity contribution is 0.323. The van der Waals surface area contributed by atoms with Crippen LogP contribution in [0.3, 0.4) is 0 Å². The maximum Gasteiger partial charge on any atom is -0.0160 e. The summed E-state index contributed by atoms with van der Waals surface area (Å²) < 4.78 is 0. The second kappa shape index (κ2) is 3.47. The summed E-state index contributed by atoms with van der Waals surface area (Å²) in [5, 5.41) is 0. The van der Waals surface area contributed by atoms with E-state index in [1.165, 1.54) is 32.1 Å². The molecule has 0 heteroatoms. The molecule has 0 radical (unpaired) electrons. The molecule has 2 aliphatic carbocycles. The molecule has 0 spiro atoms. The van der Waals surface area contributed by atoms with E-state index < -0.39 is 0 Å². The summed E-state index contributed by atoms with van der Waals surface area (Å²) in [4.78, 5) is 0. The molecular weight excluding hydrogens is 144 g/mol. The van der Waals surface area contributed by atoms with E-state index in [2.05, 4.69) is 25.2 Å². The van der Waals surface area contributed by atoms with Crippen molar-refractivity contribution in [2.45, 2.75) is 39.0 Å². The van der Waals surface area contributed by atoms with Crippen LogP contribution in [0, 0.1) is 11.8 Å². The van der Waals surface area contributed by atoms with Crippen LogP contribution < -0.4 is 0 Å². The van der Waals surface area contributed by atoms with Crippen LogP contribution >= 0.6 is 0 Å². The SMILES string of the molecule is CC1CCC(C2=CCC=C2)CC1. The van der Waals surface area contributed by atoms with Crippen LogP contribution in [0.25, 0.3) is 0 Å². The minimum Gasteiger partial charge on any atom is -0.0805 e. The zero-order valence-electron chi connectivity index (χ0n) is 7.92. The summed E-state index contributed by atoms with van der Waals surface area (Å²) in [6.45, 7) is 2.38. The molecule has 0 unspecified atom stereocenters. The van der Waals surface area contributed by atoms with Crippen molar-refractivity contribution in [2.24, 2.45) is 11.8 Å². The Morgan fingerprint density at radius 2 is 1.92 bits per heavy atom. The first-order valence-electron chi connectivity index (χ1n) is 5.23. The summed E-state index contributed by atoms with van der Waals surface area (Å²) in [6.07, 6.45) is 13.9. The molecule has 12 heavy (non-hydrogen) atoms. The molecule has 0 N–H and O–H groups in total. The Morgan fingerprint density at radius 3 is 2.50 bits per heavy atom. The van der Waals surface area contributed by atoms with E-state index in [4.69, 9.17) is 0 Å². The largest absolute Gasteiger partial charge is 0.0805 e. The van der Waals surface area contributed by atoms with Gasteiger partial charge in [-0.15, -0.1) is 0 Å². The van der Waals surface area contributed by atoms with Gasteiger partial charge in [-0.05, 0) is 36.7 Å². The van der Waals surface area contributed by atoms with Gasteiger partial charge in [-0.2, -0.15) is 0 Å². The molecule has 0 saturated heterocycles. The van der Waals surface area contributed by atoms with E-state index in [0.29, 0.717) is 0 Å². The summed E-state index contributed by atoms with van der Waals surface area (Å²) in [6, 6.07) is 0. The van der Waals surface area contributed by atoms with Gasteiger partial charge in [0.1, 0.15) is 0 Å². The summed E-state index contributed by atoms with van der Waals surface area (Å²) in [5.74, 6) is 1.88. The van der Waals surface area contributed by atoms with Crippen LogP contribution in [0.1, 0.15) is 39.0 Å². The van der Waals surface area contributed by atoms with Crippen LogP contribution in [0.5, 0.6) is 0 Å². The smallest absolute Gasteiger partial charge is 0.0160 e. The molecule has 0 atom stereocenters. The number of rotatable bonds is 1. The molecule has 2 rings (SSSR count). The highest BCUT2D eigenvalue weighted by Gasteiger charge is 2.20. The average Bonchev–Trinajstić information content (AvgIpc) is 2.58. The fraction of sp³-hybridized carbons (Fsp3) is 0.667. The molecule has 0 aromatic carbocycles. The molecule has 66 valence electrons. The first-order chi connectivity index (χ1) is 5.86. The molecule has 2 aliphatic rings. The standard InChI is InChI=1S/C12H18/c1-10-6-8-12(9-7-10)11-4-2-3-5-11/h2,4-5,10,12H,3,6-9H2,1H3. The normalized spacial score (nSPS) is 35.2. The first kappa shape index (κ1) is 8.10. The molecule has 1 saturated carbocycles. The molecular formula is C12H18. The zero-order chi connectivity index (χ0) is 8.39. The summed E-state index contributed by atoms with van der Waals surface area (Å²) in [7, 11) is 0. The highest BCUT2D eigenvalue weighted by Crippen LogP contribution is 2.34. The van der Waals surface area contributed by atoms with E-state index in [-0.39, 0.29) is 0 Å². The van der Waals surface area contributed by atoms with Crippen LogP contribution in [0.15, 0.2) is 23.8 Å². The van der Waals surface area contributed by atoms with Crippen molar-refractivity contribution >= 4 is 0 Å². The Bertz CT molecular complexity index is 202. The Labute approximate surface area is 75.4 Å². The first-order valence-corrected chi connectivity index (χ1v) is 5.23. The number of hydrogen-bond acceptors (Lipinski definition) is 0. The third kappa shape index (κ3) is 1.63. The Morgan fingerprint density at radius 1 is 1.17 bits per heavy atom.